The second-order valence-electron chi connectivity index (χ2n) is 9.45. The highest BCUT2D eigenvalue weighted by atomic mass is 35.5. The van der Waals surface area contributed by atoms with Gasteiger partial charge in [-0.1, -0.05) is 0 Å². The molecule has 3 atom stereocenters. The highest BCUT2D eigenvalue weighted by Crippen LogP contribution is 2.33. The molecule has 1 aliphatic heterocycles. The Labute approximate surface area is 219 Å². The maximum atomic E-state index is 13.4. The van der Waals surface area contributed by atoms with E-state index in [9.17, 15) is 24.6 Å². The van der Waals surface area contributed by atoms with Crippen molar-refractivity contribution < 1.29 is 19.7 Å². The van der Waals surface area contributed by atoms with Crippen molar-refractivity contribution in [3.8, 4) is 5.75 Å². The fourth-order valence-corrected chi connectivity index (χ4v) is 4.71. The van der Waals surface area contributed by atoms with E-state index in [4.69, 9.17) is 4.74 Å². The van der Waals surface area contributed by atoms with E-state index in [1.54, 1.807) is 31.2 Å². The molecule has 0 bridgehead atoms. The minimum Gasteiger partial charge on any atom is -0.492 e. The fourth-order valence-electron chi connectivity index (χ4n) is 4.71. The van der Waals surface area contributed by atoms with Gasteiger partial charge in [0, 0.05) is 45.7 Å². The number of nitrogens with one attached hydrogen (secondary N) is 1. The Kier molecular flexibility index (Phi) is 8.48. The lowest BCUT2D eigenvalue weighted by molar-refractivity contribution is -0.0216. The highest BCUT2D eigenvalue weighted by molar-refractivity contribution is 5.94. The Hall–Kier alpha value is -3.19. The predicted octanol–water partition coefficient (Wildman–Crippen LogP) is -0.347. The summed E-state index contributed by atoms with van der Waals surface area (Å²) in [5.74, 6) is 0.299. The molecule has 12 nitrogen and oxygen atoms in total. The summed E-state index contributed by atoms with van der Waals surface area (Å²) in [6.07, 6.45) is 0.383. The van der Waals surface area contributed by atoms with Crippen molar-refractivity contribution >= 4 is 29.5 Å². The molecule has 3 heterocycles. The van der Waals surface area contributed by atoms with E-state index in [2.05, 4.69) is 10.3 Å². The second kappa shape index (κ2) is 11.1. The van der Waals surface area contributed by atoms with Gasteiger partial charge in [-0.05, 0) is 38.2 Å². The molecule has 0 radical (unpaired) electrons. The molecule has 1 aliphatic rings. The Morgan fingerprint density at radius 2 is 1.86 bits per heavy atom. The first-order chi connectivity index (χ1) is 17.0. The van der Waals surface area contributed by atoms with Gasteiger partial charge in [0.1, 0.15) is 12.4 Å². The van der Waals surface area contributed by atoms with Crippen LogP contribution in [-0.4, -0.2) is 84.7 Å². The lowest BCUT2D eigenvalue weighted by atomic mass is 9.91. The molecule has 0 aliphatic carbocycles. The molecule has 0 spiro atoms. The average Bonchev–Trinajstić information content (AvgIpc) is 3.23. The summed E-state index contributed by atoms with van der Waals surface area (Å²) >= 11 is 0. The topological polar surface area (TPSA) is 144 Å². The summed E-state index contributed by atoms with van der Waals surface area (Å²) in [4.78, 5) is 44.5. The van der Waals surface area contributed by atoms with Crippen LogP contribution < -0.4 is 21.3 Å². The Bertz CT molecular complexity index is 1380. The first-order valence-corrected chi connectivity index (χ1v) is 11.7. The summed E-state index contributed by atoms with van der Waals surface area (Å²) in [7, 11) is 4.72. The Balaban J connectivity index is 0.00000380. The molecule has 4 rings (SSSR count). The smallest absolute Gasteiger partial charge is 0.332 e. The number of fused-ring (bicyclic) bond motifs is 1. The lowest BCUT2D eigenvalue weighted by Gasteiger charge is -2.34. The summed E-state index contributed by atoms with van der Waals surface area (Å²) < 4.78 is 9.35. The van der Waals surface area contributed by atoms with Crippen LogP contribution in [-0.2, 0) is 14.1 Å². The fraction of sp³-hybridized carbons (Fsp3) is 0.500. The number of halogens is 1. The van der Waals surface area contributed by atoms with E-state index in [-0.39, 0.29) is 49.0 Å². The molecule has 13 heteroatoms. The number of likely N-dealkylation sites (tertiary alicyclic amines) is 1. The second-order valence-corrected chi connectivity index (χ2v) is 9.45. The Morgan fingerprint density at radius 1 is 1.19 bits per heavy atom. The number of hydrogen-bond donors (Lipinski definition) is 3. The molecule has 0 unspecified atom stereocenters. The van der Waals surface area contributed by atoms with Crippen LogP contribution in [0.3, 0.4) is 0 Å². The van der Waals surface area contributed by atoms with Crippen LogP contribution in [0.1, 0.15) is 29.7 Å². The van der Waals surface area contributed by atoms with Crippen LogP contribution in [0.15, 0.2) is 40.2 Å². The van der Waals surface area contributed by atoms with Gasteiger partial charge in [0.05, 0.1) is 24.1 Å². The van der Waals surface area contributed by atoms with Crippen LogP contribution in [0.2, 0.25) is 0 Å². The predicted molar refractivity (Wildman–Crippen MR) is 140 cm³/mol. The number of aromatic nitrogens is 4. The molecule has 1 amide bonds. The van der Waals surface area contributed by atoms with Crippen LogP contribution in [0.25, 0.3) is 11.2 Å². The van der Waals surface area contributed by atoms with Gasteiger partial charge < -0.3 is 29.7 Å². The standard InChI is InChI=1S/C24H32N6O6.ClH/c1-24(35)11-16(31)12-29(21(32)15-5-7-17(8-6-15)36-10-9-25-2)13-18(24)30-14-26-20-19(30)22(33)28(4)23(34)27(20)3;/h5-8,14,16,18,25,31,35H,9-13H2,1-4H3;1H/t16-,18+,24+;/m0./s1. The summed E-state index contributed by atoms with van der Waals surface area (Å²) in [6, 6.07) is 5.91. The largest absolute Gasteiger partial charge is 0.492 e. The number of aliphatic hydroxyl groups is 2. The molecular formula is C24H33ClN6O6. The number of nitrogens with zero attached hydrogens (tertiary/aromatic N) is 5. The van der Waals surface area contributed by atoms with Crippen molar-refractivity contribution in [3.05, 3.63) is 57.0 Å². The molecule has 1 fully saturated rings. The van der Waals surface area contributed by atoms with Gasteiger partial charge in [0.15, 0.2) is 11.2 Å². The monoisotopic (exact) mass is 536 g/mol. The van der Waals surface area contributed by atoms with Gasteiger partial charge in [-0.15, -0.1) is 12.4 Å². The number of carbonyl (C=O) groups is 1. The van der Waals surface area contributed by atoms with Gasteiger partial charge >= 0.3 is 5.69 Å². The van der Waals surface area contributed by atoms with E-state index >= 15 is 0 Å². The quantitative estimate of drug-likeness (QED) is 0.363. The van der Waals surface area contributed by atoms with E-state index < -0.39 is 29.0 Å². The summed E-state index contributed by atoms with van der Waals surface area (Å²) in [5, 5.41) is 25.0. The van der Waals surface area contributed by atoms with Gasteiger partial charge in [-0.2, -0.15) is 0 Å². The minimum atomic E-state index is -1.48. The van der Waals surface area contributed by atoms with Crippen molar-refractivity contribution in [2.75, 3.05) is 33.3 Å². The van der Waals surface area contributed by atoms with Crippen molar-refractivity contribution in [1.29, 1.82) is 0 Å². The number of likely N-dealkylation sites (N-methyl/N-ethyl adjacent to an activating group) is 1. The molecule has 2 aromatic heterocycles. The van der Waals surface area contributed by atoms with Crippen LogP contribution in [0.5, 0.6) is 5.75 Å². The third-order valence-electron chi connectivity index (χ3n) is 6.71. The van der Waals surface area contributed by atoms with E-state index in [0.717, 1.165) is 4.57 Å². The molecule has 1 saturated heterocycles. The number of aryl methyl sites for hydroxylation is 1. The molecule has 3 N–H and O–H groups in total. The van der Waals surface area contributed by atoms with Crippen LogP contribution >= 0.6 is 12.4 Å². The number of rotatable bonds is 6. The molecule has 3 aromatic rings. The average molecular weight is 537 g/mol. The number of imidazole rings is 1. The van der Waals surface area contributed by atoms with Crippen LogP contribution in [0, 0.1) is 0 Å². The van der Waals surface area contributed by atoms with Crippen molar-refractivity contribution in [1.82, 2.24) is 28.9 Å². The van der Waals surface area contributed by atoms with Crippen molar-refractivity contribution in [2.45, 2.75) is 31.1 Å². The SMILES string of the molecule is CNCCOc1ccc(C(=O)N2C[C@@H](O)C[C@@](C)(O)[C@H](n3cnc4c3c(=O)n(C)c(=O)n4C)C2)cc1.Cl. The zero-order chi connectivity index (χ0) is 26.2. The number of benzene rings is 1. The zero-order valence-corrected chi connectivity index (χ0v) is 22.1. The van der Waals surface area contributed by atoms with Gasteiger partial charge in [-0.3, -0.25) is 18.7 Å². The van der Waals surface area contributed by atoms with Gasteiger partial charge in [0.25, 0.3) is 11.5 Å². The van der Waals surface area contributed by atoms with Crippen LogP contribution in [0.4, 0.5) is 0 Å². The van der Waals surface area contributed by atoms with Gasteiger partial charge in [-0.25, -0.2) is 9.78 Å². The molecule has 1 aromatic carbocycles. The molecule has 0 saturated carbocycles. The van der Waals surface area contributed by atoms with E-state index in [1.165, 1.54) is 34.5 Å². The lowest BCUT2D eigenvalue weighted by Crippen LogP contribution is -2.44. The van der Waals surface area contributed by atoms with Crippen molar-refractivity contribution in [2.24, 2.45) is 14.1 Å². The van der Waals surface area contributed by atoms with Crippen molar-refractivity contribution in [3.63, 3.8) is 0 Å². The molecule has 37 heavy (non-hydrogen) atoms. The Morgan fingerprint density at radius 3 is 2.51 bits per heavy atom. The molecule has 202 valence electrons. The third kappa shape index (κ3) is 5.42. The minimum absolute atomic E-state index is 0. The number of hydrogen-bond acceptors (Lipinski definition) is 8. The third-order valence-corrected chi connectivity index (χ3v) is 6.71. The molecular weight excluding hydrogens is 504 g/mol. The highest BCUT2D eigenvalue weighted by Gasteiger charge is 2.42. The number of aliphatic hydroxyl groups excluding tert-OH is 1. The number of carbonyl (C=O) groups excluding carboxylic acids is 1. The van der Waals surface area contributed by atoms with Gasteiger partial charge in [0.2, 0.25) is 0 Å². The first-order valence-electron chi connectivity index (χ1n) is 11.7. The first kappa shape index (κ1) is 28.4. The maximum absolute atomic E-state index is 13.4. The number of β-amino-alcohol motifs (C(OH)–C–C–N with tert-alkyl or cyclic N) is 1. The van der Waals surface area contributed by atoms with E-state index in [0.29, 0.717) is 24.5 Å². The summed E-state index contributed by atoms with van der Waals surface area (Å²) in [5.41, 5.74) is -1.84. The zero-order valence-electron chi connectivity index (χ0n) is 21.2. The summed E-state index contributed by atoms with van der Waals surface area (Å²) in [6.45, 7) is 2.76. The maximum Gasteiger partial charge on any atom is 0.332 e. The number of ether oxygens (including phenoxy) is 1. The van der Waals surface area contributed by atoms with E-state index in [1.807, 2.05) is 7.05 Å². The number of amides is 1. The normalized spacial score (nSPS) is 21.9.